The molecule has 1 aromatic rings. The lowest BCUT2D eigenvalue weighted by atomic mass is 9.96. The zero-order chi connectivity index (χ0) is 16.8. The van der Waals surface area contributed by atoms with Crippen LogP contribution in [0.25, 0.3) is 0 Å². The van der Waals surface area contributed by atoms with E-state index in [1.165, 1.54) is 7.11 Å². The fraction of sp³-hybridized carbons (Fsp3) is 0.562. The maximum absolute atomic E-state index is 12.1. The first kappa shape index (κ1) is 21.5. The summed E-state index contributed by atoms with van der Waals surface area (Å²) in [6.07, 6.45) is 0.482. The molecule has 1 aromatic carbocycles. The minimum Gasteiger partial charge on any atom is -0.497 e. The van der Waals surface area contributed by atoms with E-state index in [1.807, 2.05) is 6.92 Å². The van der Waals surface area contributed by atoms with E-state index in [9.17, 15) is 9.90 Å². The van der Waals surface area contributed by atoms with E-state index < -0.39 is 11.6 Å². The van der Waals surface area contributed by atoms with Gasteiger partial charge in [0.15, 0.2) is 0 Å². The molecule has 0 aliphatic rings. The third kappa shape index (κ3) is 5.89. The fourth-order valence-corrected chi connectivity index (χ4v) is 2.23. The Morgan fingerprint density at radius 2 is 2.04 bits per heavy atom. The second-order valence-corrected chi connectivity index (χ2v) is 5.50. The lowest BCUT2D eigenvalue weighted by Gasteiger charge is -2.24. The van der Waals surface area contributed by atoms with Gasteiger partial charge in [-0.3, -0.25) is 4.79 Å². The molecule has 0 fully saturated rings. The topological polar surface area (TPSA) is 93.8 Å². The highest BCUT2D eigenvalue weighted by Gasteiger charge is 2.27. The van der Waals surface area contributed by atoms with Gasteiger partial charge < -0.3 is 25.6 Å². The Balaban J connectivity index is 0.00000484. The first-order chi connectivity index (χ1) is 10.4. The Kier molecular flexibility index (Phi) is 8.97. The average Bonchev–Trinajstić information content (AvgIpc) is 2.51. The minimum absolute atomic E-state index is 0. The highest BCUT2D eigenvalue weighted by Crippen LogP contribution is 2.29. The number of amides is 1. The summed E-state index contributed by atoms with van der Waals surface area (Å²) >= 11 is 0. The van der Waals surface area contributed by atoms with Crippen LogP contribution < -0.4 is 20.5 Å². The van der Waals surface area contributed by atoms with Gasteiger partial charge in [-0.05, 0) is 31.5 Å². The Hall–Kier alpha value is -1.50. The molecular weight excluding hydrogens is 320 g/mol. The molecule has 0 aromatic heterocycles. The van der Waals surface area contributed by atoms with Crippen LogP contribution in [-0.2, 0) is 4.79 Å². The molecule has 1 rings (SSSR count). The third-order valence-corrected chi connectivity index (χ3v) is 3.54. The van der Waals surface area contributed by atoms with Crippen molar-refractivity contribution in [3.63, 3.8) is 0 Å². The molecule has 0 saturated carbocycles. The molecule has 6 nitrogen and oxygen atoms in total. The second kappa shape index (κ2) is 9.60. The number of nitrogens with one attached hydrogen (secondary N) is 1. The van der Waals surface area contributed by atoms with Gasteiger partial charge in [0.2, 0.25) is 5.91 Å². The van der Waals surface area contributed by atoms with E-state index in [1.54, 1.807) is 32.2 Å². The van der Waals surface area contributed by atoms with Gasteiger partial charge in [-0.2, -0.15) is 0 Å². The number of hydrogen-bond donors (Lipinski definition) is 3. The summed E-state index contributed by atoms with van der Waals surface area (Å²) in [7, 11) is 3.07. The molecule has 0 heterocycles. The number of carbonyl (C=O) groups excluding carboxylic acids is 1. The first-order valence-electron chi connectivity index (χ1n) is 7.32. The normalized spacial score (nSPS) is 14.2. The summed E-state index contributed by atoms with van der Waals surface area (Å²) < 4.78 is 10.4. The molecule has 7 heteroatoms. The molecule has 0 spiro atoms. The van der Waals surface area contributed by atoms with Gasteiger partial charge in [0.25, 0.3) is 0 Å². The van der Waals surface area contributed by atoms with E-state index in [2.05, 4.69) is 5.32 Å². The van der Waals surface area contributed by atoms with E-state index >= 15 is 0 Å². The zero-order valence-electron chi connectivity index (χ0n) is 14.1. The maximum atomic E-state index is 12.1. The van der Waals surface area contributed by atoms with Gasteiger partial charge in [-0.1, -0.05) is 13.3 Å². The smallest absolute Gasteiger partial charge is 0.239 e. The van der Waals surface area contributed by atoms with Crippen molar-refractivity contribution in [1.82, 2.24) is 5.32 Å². The largest absolute Gasteiger partial charge is 0.497 e. The van der Waals surface area contributed by atoms with Gasteiger partial charge in [0, 0.05) is 12.1 Å². The summed E-state index contributed by atoms with van der Waals surface area (Å²) in [5.74, 6) is 0.859. The molecule has 1 amide bonds. The molecule has 4 N–H and O–H groups in total. The van der Waals surface area contributed by atoms with Crippen molar-refractivity contribution < 1.29 is 19.4 Å². The first-order valence-corrected chi connectivity index (χ1v) is 7.32. The molecular formula is C16H27ClN2O4. The monoisotopic (exact) mass is 346 g/mol. The van der Waals surface area contributed by atoms with Gasteiger partial charge in [0.05, 0.1) is 25.9 Å². The molecule has 0 radical (unpaired) electrons. The molecule has 0 saturated heterocycles. The second-order valence-electron chi connectivity index (χ2n) is 5.50. The Morgan fingerprint density at radius 3 is 2.57 bits per heavy atom. The van der Waals surface area contributed by atoms with Gasteiger partial charge in [-0.15, -0.1) is 12.4 Å². The molecule has 0 bridgehead atoms. The van der Waals surface area contributed by atoms with Crippen molar-refractivity contribution in [1.29, 1.82) is 0 Å². The van der Waals surface area contributed by atoms with Crippen LogP contribution in [0.1, 0.15) is 38.4 Å². The molecule has 0 aliphatic carbocycles. The maximum Gasteiger partial charge on any atom is 0.239 e. The minimum atomic E-state index is -0.938. The fourth-order valence-electron chi connectivity index (χ4n) is 2.23. The number of aliphatic hydroxyl groups excluding tert-OH is 1. The number of carbonyl (C=O) groups is 1. The van der Waals surface area contributed by atoms with E-state index in [-0.39, 0.29) is 24.9 Å². The van der Waals surface area contributed by atoms with Gasteiger partial charge in [-0.25, -0.2) is 0 Å². The molecule has 23 heavy (non-hydrogen) atoms. The third-order valence-electron chi connectivity index (χ3n) is 3.54. The highest BCUT2D eigenvalue weighted by atomic mass is 35.5. The van der Waals surface area contributed by atoms with Crippen molar-refractivity contribution in [2.75, 3.05) is 20.8 Å². The van der Waals surface area contributed by atoms with Crippen LogP contribution >= 0.6 is 12.4 Å². The van der Waals surface area contributed by atoms with Gasteiger partial charge >= 0.3 is 0 Å². The van der Waals surface area contributed by atoms with Crippen molar-refractivity contribution >= 4 is 18.3 Å². The highest BCUT2D eigenvalue weighted by molar-refractivity contribution is 5.85. The van der Waals surface area contributed by atoms with Crippen molar-refractivity contribution in [2.24, 2.45) is 5.73 Å². The Bertz CT molecular complexity index is 509. The predicted octanol–water partition coefficient (Wildman–Crippen LogP) is 1.79. The predicted molar refractivity (Wildman–Crippen MR) is 92.3 cm³/mol. The van der Waals surface area contributed by atoms with Crippen LogP contribution in [0.15, 0.2) is 18.2 Å². The van der Waals surface area contributed by atoms with Gasteiger partial charge in [0.1, 0.15) is 11.5 Å². The number of halogens is 1. The number of rotatable bonds is 8. The lowest BCUT2D eigenvalue weighted by molar-refractivity contribution is -0.126. The zero-order valence-corrected chi connectivity index (χ0v) is 14.9. The summed E-state index contributed by atoms with van der Waals surface area (Å²) in [6, 6.07) is 5.14. The van der Waals surface area contributed by atoms with Crippen molar-refractivity contribution in [3.05, 3.63) is 23.8 Å². The summed E-state index contributed by atoms with van der Waals surface area (Å²) in [6.45, 7) is 3.71. The standard InChI is InChI=1S/C16H26N2O4.ClH/c1-5-8-16(2,17)15(20)18-10-13(19)12-9-11(21-3)6-7-14(12)22-4;/h6-7,9,13,19H,5,8,10,17H2,1-4H3,(H,18,20);1H. The van der Waals surface area contributed by atoms with Crippen LogP contribution in [0, 0.1) is 0 Å². The van der Waals surface area contributed by atoms with Crippen LogP contribution in [0.3, 0.4) is 0 Å². The number of aliphatic hydroxyl groups is 1. The number of hydrogen-bond acceptors (Lipinski definition) is 5. The molecule has 2 unspecified atom stereocenters. The lowest BCUT2D eigenvalue weighted by Crippen LogP contribution is -2.52. The molecule has 132 valence electrons. The summed E-state index contributed by atoms with van der Waals surface area (Å²) in [4.78, 5) is 12.1. The summed E-state index contributed by atoms with van der Waals surface area (Å²) in [5, 5.41) is 13.0. The van der Waals surface area contributed by atoms with Crippen LogP contribution in [0.2, 0.25) is 0 Å². The van der Waals surface area contributed by atoms with E-state index in [4.69, 9.17) is 15.2 Å². The van der Waals surface area contributed by atoms with E-state index in [0.29, 0.717) is 23.5 Å². The number of nitrogens with two attached hydrogens (primary N) is 1. The summed E-state index contributed by atoms with van der Waals surface area (Å²) in [5.41, 5.74) is 5.57. The van der Waals surface area contributed by atoms with E-state index in [0.717, 1.165) is 6.42 Å². The quantitative estimate of drug-likeness (QED) is 0.667. The van der Waals surface area contributed by atoms with Crippen molar-refractivity contribution in [3.8, 4) is 11.5 Å². The van der Waals surface area contributed by atoms with Crippen LogP contribution in [0.5, 0.6) is 11.5 Å². The SMILES string of the molecule is CCCC(C)(N)C(=O)NCC(O)c1cc(OC)ccc1OC.Cl. The Morgan fingerprint density at radius 1 is 1.39 bits per heavy atom. The van der Waals surface area contributed by atoms with Crippen molar-refractivity contribution in [2.45, 2.75) is 38.3 Å². The number of ether oxygens (including phenoxy) is 2. The molecule has 2 atom stereocenters. The Labute approximate surface area is 143 Å². The van der Waals surface area contributed by atoms with Crippen LogP contribution in [-0.4, -0.2) is 37.3 Å². The number of methoxy groups -OCH3 is 2. The molecule has 0 aliphatic heterocycles. The number of benzene rings is 1. The average molecular weight is 347 g/mol. The van der Waals surface area contributed by atoms with Crippen LogP contribution in [0.4, 0.5) is 0 Å².